The normalized spacial score (nSPS) is 18.7. The number of hydrogen-bond acceptors (Lipinski definition) is 6. The quantitative estimate of drug-likeness (QED) is 0.887. The van der Waals surface area contributed by atoms with E-state index in [9.17, 15) is 4.79 Å². The number of anilines is 2. The van der Waals surface area contributed by atoms with Crippen LogP contribution in [0.5, 0.6) is 0 Å². The Hall–Kier alpha value is -2.41. The predicted octanol–water partition coefficient (Wildman–Crippen LogP) is 1.82. The Morgan fingerprint density at radius 1 is 1.22 bits per heavy atom. The van der Waals surface area contributed by atoms with E-state index in [0.717, 1.165) is 81.3 Å². The van der Waals surface area contributed by atoms with Gasteiger partial charge in [-0.25, -0.2) is 4.98 Å². The molecule has 0 aromatic carbocycles. The van der Waals surface area contributed by atoms with Gasteiger partial charge < -0.3 is 19.9 Å². The van der Waals surface area contributed by atoms with E-state index >= 15 is 0 Å². The highest BCUT2D eigenvalue weighted by atomic mass is 16.5. The molecular formula is C20H27N5O2. The van der Waals surface area contributed by atoms with Crippen LogP contribution in [-0.2, 0) is 9.53 Å². The Balaban J connectivity index is 1.56. The zero-order valence-electron chi connectivity index (χ0n) is 15.9. The van der Waals surface area contributed by atoms with Crippen molar-refractivity contribution >= 4 is 28.4 Å². The SMILES string of the molecule is CC(=O)NCC1CCN(c2nc(N3CCOCC3)cc3ncccc23)CC1. The Bertz CT molecular complexity index is 798. The first-order chi connectivity index (χ1) is 13.2. The minimum atomic E-state index is 0.0503. The van der Waals surface area contributed by atoms with E-state index in [2.05, 4.69) is 32.2 Å². The van der Waals surface area contributed by atoms with Crippen molar-refractivity contribution in [2.75, 3.05) is 55.7 Å². The molecule has 2 aliphatic heterocycles. The molecular weight excluding hydrogens is 342 g/mol. The lowest BCUT2D eigenvalue weighted by Gasteiger charge is -2.34. The maximum Gasteiger partial charge on any atom is 0.216 e. The molecule has 0 unspecified atom stereocenters. The van der Waals surface area contributed by atoms with E-state index in [4.69, 9.17) is 9.72 Å². The summed E-state index contributed by atoms with van der Waals surface area (Å²) >= 11 is 0. The minimum Gasteiger partial charge on any atom is -0.378 e. The van der Waals surface area contributed by atoms with Crippen molar-refractivity contribution in [2.45, 2.75) is 19.8 Å². The number of fused-ring (bicyclic) bond motifs is 1. The van der Waals surface area contributed by atoms with Gasteiger partial charge in [-0.2, -0.15) is 0 Å². The average molecular weight is 369 g/mol. The topological polar surface area (TPSA) is 70.6 Å². The van der Waals surface area contributed by atoms with Gasteiger partial charge in [0.1, 0.15) is 11.6 Å². The van der Waals surface area contributed by atoms with Crippen molar-refractivity contribution in [3.05, 3.63) is 24.4 Å². The fourth-order valence-corrected chi connectivity index (χ4v) is 3.88. The summed E-state index contributed by atoms with van der Waals surface area (Å²) in [6.07, 6.45) is 3.96. The van der Waals surface area contributed by atoms with Crippen LogP contribution in [0.3, 0.4) is 0 Å². The molecule has 4 heterocycles. The van der Waals surface area contributed by atoms with Gasteiger partial charge in [0.25, 0.3) is 0 Å². The first kappa shape index (κ1) is 18.0. The first-order valence-corrected chi connectivity index (χ1v) is 9.78. The number of morpholine rings is 1. The molecule has 0 bridgehead atoms. The molecule has 4 rings (SSSR count). The smallest absolute Gasteiger partial charge is 0.216 e. The zero-order chi connectivity index (χ0) is 18.6. The highest BCUT2D eigenvalue weighted by molar-refractivity contribution is 5.91. The third-order valence-corrected chi connectivity index (χ3v) is 5.45. The summed E-state index contributed by atoms with van der Waals surface area (Å²) in [6, 6.07) is 6.18. The summed E-state index contributed by atoms with van der Waals surface area (Å²) in [7, 11) is 0. The molecule has 2 aromatic heterocycles. The fourth-order valence-electron chi connectivity index (χ4n) is 3.88. The average Bonchev–Trinajstić information content (AvgIpc) is 2.72. The molecule has 27 heavy (non-hydrogen) atoms. The second-order valence-electron chi connectivity index (χ2n) is 7.34. The number of ether oxygens (including phenoxy) is 1. The van der Waals surface area contributed by atoms with Crippen molar-refractivity contribution in [3.63, 3.8) is 0 Å². The van der Waals surface area contributed by atoms with Crippen LogP contribution >= 0.6 is 0 Å². The molecule has 2 fully saturated rings. The monoisotopic (exact) mass is 369 g/mol. The van der Waals surface area contributed by atoms with Crippen LogP contribution in [-0.4, -0.2) is 61.8 Å². The lowest BCUT2D eigenvalue weighted by molar-refractivity contribution is -0.119. The number of nitrogens with one attached hydrogen (secondary N) is 1. The number of aromatic nitrogens is 2. The number of amides is 1. The molecule has 2 aromatic rings. The molecule has 7 heteroatoms. The van der Waals surface area contributed by atoms with Gasteiger partial charge in [0.2, 0.25) is 5.91 Å². The summed E-state index contributed by atoms with van der Waals surface area (Å²) in [5, 5.41) is 4.06. The van der Waals surface area contributed by atoms with E-state index in [1.54, 1.807) is 6.92 Å². The number of nitrogens with zero attached hydrogens (tertiary/aromatic N) is 4. The molecule has 7 nitrogen and oxygen atoms in total. The number of pyridine rings is 2. The molecule has 0 atom stereocenters. The number of piperidine rings is 1. The third-order valence-electron chi connectivity index (χ3n) is 5.45. The van der Waals surface area contributed by atoms with Crippen LogP contribution in [0.1, 0.15) is 19.8 Å². The molecule has 2 saturated heterocycles. The lowest BCUT2D eigenvalue weighted by atomic mass is 9.96. The number of carbonyl (C=O) groups is 1. The molecule has 1 N–H and O–H groups in total. The van der Waals surface area contributed by atoms with E-state index in [1.165, 1.54) is 0 Å². The van der Waals surface area contributed by atoms with Gasteiger partial charge in [0.15, 0.2) is 0 Å². The van der Waals surface area contributed by atoms with Crippen molar-refractivity contribution in [2.24, 2.45) is 5.92 Å². The van der Waals surface area contributed by atoms with Gasteiger partial charge in [0.05, 0.1) is 18.7 Å². The van der Waals surface area contributed by atoms with Crippen molar-refractivity contribution in [1.82, 2.24) is 15.3 Å². The lowest BCUT2D eigenvalue weighted by Crippen LogP contribution is -2.39. The molecule has 0 aliphatic carbocycles. The number of rotatable bonds is 4. The Labute approximate surface area is 159 Å². The summed E-state index contributed by atoms with van der Waals surface area (Å²) < 4.78 is 5.48. The maximum absolute atomic E-state index is 11.2. The predicted molar refractivity (Wildman–Crippen MR) is 106 cm³/mol. The standard InChI is InChI=1S/C20H27N5O2/c1-15(26)22-14-16-4-7-25(8-5-16)20-17-3-2-6-21-18(17)13-19(23-20)24-9-11-27-12-10-24/h2-3,6,13,16H,4-5,7-12,14H2,1H3,(H,22,26). The molecule has 2 aliphatic rings. The molecule has 0 radical (unpaired) electrons. The van der Waals surface area contributed by atoms with Crippen LogP contribution in [0.4, 0.5) is 11.6 Å². The van der Waals surface area contributed by atoms with Crippen LogP contribution in [0.2, 0.25) is 0 Å². The Morgan fingerprint density at radius 3 is 2.74 bits per heavy atom. The van der Waals surface area contributed by atoms with Crippen LogP contribution < -0.4 is 15.1 Å². The van der Waals surface area contributed by atoms with E-state index in [0.29, 0.717) is 5.92 Å². The van der Waals surface area contributed by atoms with Crippen molar-refractivity contribution in [3.8, 4) is 0 Å². The summed E-state index contributed by atoms with van der Waals surface area (Å²) in [5.74, 6) is 2.60. The minimum absolute atomic E-state index is 0.0503. The van der Waals surface area contributed by atoms with E-state index < -0.39 is 0 Å². The van der Waals surface area contributed by atoms with Gasteiger partial charge in [-0.3, -0.25) is 9.78 Å². The van der Waals surface area contributed by atoms with Gasteiger partial charge in [0, 0.05) is 57.3 Å². The number of carbonyl (C=O) groups excluding carboxylic acids is 1. The summed E-state index contributed by atoms with van der Waals surface area (Å²) in [5.41, 5.74) is 0.990. The highest BCUT2D eigenvalue weighted by Gasteiger charge is 2.23. The summed E-state index contributed by atoms with van der Waals surface area (Å²) in [6.45, 7) is 7.47. The Morgan fingerprint density at radius 2 is 2.00 bits per heavy atom. The third kappa shape index (κ3) is 4.13. The van der Waals surface area contributed by atoms with Gasteiger partial charge in [-0.15, -0.1) is 0 Å². The number of hydrogen-bond donors (Lipinski definition) is 1. The summed E-state index contributed by atoms with van der Waals surface area (Å²) in [4.78, 5) is 25.4. The van der Waals surface area contributed by atoms with E-state index in [1.807, 2.05) is 12.3 Å². The van der Waals surface area contributed by atoms with Crippen LogP contribution in [0.25, 0.3) is 10.9 Å². The highest BCUT2D eigenvalue weighted by Crippen LogP contribution is 2.31. The van der Waals surface area contributed by atoms with Gasteiger partial charge >= 0.3 is 0 Å². The fraction of sp³-hybridized carbons (Fsp3) is 0.550. The van der Waals surface area contributed by atoms with Crippen molar-refractivity contribution < 1.29 is 9.53 Å². The second-order valence-corrected chi connectivity index (χ2v) is 7.34. The second kappa shape index (κ2) is 8.08. The van der Waals surface area contributed by atoms with Gasteiger partial charge in [-0.1, -0.05) is 0 Å². The van der Waals surface area contributed by atoms with Crippen LogP contribution in [0, 0.1) is 5.92 Å². The largest absolute Gasteiger partial charge is 0.378 e. The zero-order valence-corrected chi connectivity index (χ0v) is 15.9. The Kier molecular flexibility index (Phi) is 5.38. The maximum atomic E-state index is 11.2. The van der Waals surface area contributed by atoms with E-state index in [-0.39, 0.29) is 5.91 Å². The molecule has 0 saturated carbocycles. The van der Waals surface area contributed by atoms with Gasteiger partial charge in [-0.05, 0) is 30.9 Å². The van der Waals surface area contributed by atoms with Crippen molar-refractivity contribution in [1.29, 1.82) is 0 Å². The molecule has 1 amide bonds. The molecule has 0 spiro atoms. The van der Waals surface area contributed by atoms with Crippen LogP contribution in [0.15, 0.2) is 24.4 Å². The molecule has 144 valence electrons. The first-order valence-electron chi connectivity index (χ1n) is 9.78.